The van der Waals surface area contributed by atoms with E-state index in [-0.39, 0.29) is 5.41 Å². The maximum atomic E-state index is 8.68. The highest BCUT2D eigenvalue weighted by Crippen LogP contribution is 2.17. The van der Waals surface area contributed by atoms with Gasteiger partial charge in [0.25, 0.3) is 0 Å². The van der Waals surface area contributed by atoms with Crippen molar-refractivity contribution in [3.8, 4) is 6.07 Å². The van der Waals surface area contributed by atoms with Gasteiger partial charge in [-0.05, 0) is 26.8 Å². The molecule has 0 aromatic carbocycles. The van der Waals surface area contributed by atoms with Crippen molar-refractivity contribution in [1.29, 1.82) is 5.26 Å². The van der Waals surface area contributed by atoms with Gasteiger partial charge in [0, 0.05) is 6.04 Å². The summed E-state index contributed by atoms with van der Waals surface area (Å²) >= 11 is 0. The quantitative estimate of drug-likeness (QED) is 0.671. The molecule has 0 unspecified atom stereocenters. The first-order valence-corrected chi connectivity index (χ1v) is 4.12. The lowest BCUT2D eigenvalue weighted by Crippen LogP contribution is -2.27. The summed E-state index contributed by atoms with van der Waals surface area (Å²) in [5, 5.41) is 12.0. The Morgan fingerprint density at radius 3 is 2.36 bits per heavy atom. The van der Waals surface area contributed by atoms with Crippen molar-refractivity contribution in [2.75, 3.05) is 6.54 Å². The fourth-order valence-electron chi connectivity index (χ4n) is 0.729. The second-order valence-corrected chi connectivity index (χ2v) is 3.85. The third-order valence-corrected chi connectivity index (χ3v) is 1.61. The Kier molecular flexibility index (Phi) is 4.14. The van der Waals surface area contributed by atoms with E-state index in [9.17, 15) is 0 Å². The number of nitrogens with zero attached hydrogens (tertiary/aromatic N) is 1. The van der Waals surface area contributed by atoms with Crippen molar-refractivity contribution in [3.05, 3.63) is 0 Å². The molecule has 0 rings (SSSR count). The van der Waals surface area contributed by atoms with E-state index in [0.29, 0.717) is 6.04 Å². The zero-order chi connectivity index (χ0) is 8.91. The van der Waals surface area contributed by atoms with Crippen molar-refractivity contribution >= 4 is 0 Å². The van der Waals surface area contributed by atoms with Gasteiger partial charge in [-0.2, -0.15) is 5.26 Å². The van der Waals surface area contributed by atoms with Gasteiger partial charge in [0.2, 0.25) is 0 Å². The number of nitrogens with one attached hydrogen (secondary N) is 1. The first-order valence-electron chi connectivity index (χ1n) is 4.12. The average molecular weight is 154 g/mol. The summed E-state index contributed by atoms with van der Waals surface area (Å²) in [5.41, 5.74) is -0.179. The minimum atomic E-state index is -0.179. The molecule has 0 aromatic heterocycles. The van der Waals surface area contributed by atoms with Gasteiger partial charge in [-0.1, -0.05) is 13.8 Å². The molecule has 64 valence electrons. The van der Waals surface area contributed by atoms with Gasteiger partial charge >= 0.3 is 0 Å². The Morgan fingerprint density at radius 2 is 2.00 bits per heavy atom. The highest BCUT2D eigenvalue weighted by Gasteiger charge is 2.15. The number of hydrogen-bond donors (Lipinski definition) is 1. The maximum absolute atomic E-state index is 8.68. The summed E-state index contributed by atoms with van der Waals surface area (Å²) in [4.78, 5) is 0. The number of hydrogen-bond acceptors (Lipinski definition) is 2. The Balaban J connectivity index is 3.48. The van der Waals surface area contributed by atoms with Crippen molar-refractivity contribution in [2.45, 2.75) is 40.2 Å². The standard InChI is InChI=1S/C9H18N2/c1-8(2)11-6-5-9(3,4)7-10/h8,11H,5-6H2,1-4H3. The van der Waals surface area contributed by atoms with E-state index < -0.39 is 0 Å². The van der Waals surface area contributed by atoms with Crippen LogP contribution in [0.25, 0.3) is 0 Å². The van der Waals surface area contributed by atoms with E-state index in [0.717, 1.165) is 13.0 Å². The summed E-state index contributed by atoms with van der Waals surface area (Å²) in [7, 11) is 0. The second-order valence-electron chi connectivity index (χ2n) is 3.85. The summed E-state index contributed by atoms with van der Waals surface area (Å²) in [6.45, 7) is 9.08. The van der Waals surface area contributed by atoms with Crippen LogP contribution in [-0.2, 0) is 0 Å². The lowest BCUT2D eigenvalue weighted by molar-refractivity contribution is 0.420. The molecule has 2 nitrogen and oxygen atoms in total. The third-order valence-electron chi connectivity index (χ3n) is 1.61. The second kappa shape index (κ2) is 4.35. The van der Waals surface area contributed by atoms with Gasteiger partial charge in [0.05, 0.1) is 11.5 Å². The Labute approximate surface area is 69.6 Å². The van der Waals surface area contributed by atoms with Crippen LogP contribution in [0.2, 0.25) is 0 Å². The molecule has 0 aliphatic rings. The predicted molar refractivity (Wildman–Crippen MR) is 47.1 cm³/mol. The molecule has 0 aromatic rings. The molecular formula is C9H18N2. The molecule has 0 saturated carbocycles. The van der Waals surface area contributed by atoms with Crippen LogP contribution >= 0.6 is 0 Å². The maximum Gasteiger partial charge on any atom is 0.0684 e. The lowest BCUT2D eigenvalue weighted by Gasteiger charge is -2.16. The molecule has 0 spiro atoms. The summed E-state index contributed by atoms with van der Waals surface area (Å²) in [6, 6.07) is 2.79. The SMILES string of the molecule is CC(C)NCCC(C)(C)C#N. The zero-order valence-electron chi connectivity index (χ0n) is 7.94. The molecule has 0 aliphatic carbocycles. The van der Waals surface area contributed by atoms with Crippen molar-refractivity contribution in [1.82, 2.24) is 5.32 Å². The van der Waals surface area contributed by atoms with E-state index in [1.165, 1.54) is 0 Å². The van der Waals surface area contributed by atoms with Gasteiger partial charge in [-0.15, -0.1) is 0 Å². The fourth-order valence-corrected chi connectivity index (χ4v) is 0.729. The number of nitriles is 1. The molecule has 11 heavy (non-hydrogen) atoms. The molecule has 1 N–H and O–H groups in total. The van der Waals surface area contributed by atoms with Crippen LogP contribution in [0.1, 0.15) is 34.1 Å². The summed E-state index contributed by atoms with van der Waals surface area (Å²) in [5.74, 6) is 0. The monoisotopic (exact) mass is 154 g/mol. The van der Waals surface area contributed by atoms with Gasteiger partial charge in [0.1, 0.15) is 0 Å². The first kappa shape index (κ1) is 10.4. The van der Waals surface area contributed by atoms with Crippen LogP contribution in [0.3, 0.4) is 0 Å². The van der Waals surface area contributed by atoms with Gasteiger partial charge in [-0.3, -0.25) is 0 Å². The Bertz CT molecular complexity index is 142. The fraction of sp³-hybridized carbons (Fsp3) is 0.889. The lowest BCUT2D eigenvalue weighted by atomic mass is 9.91. The molecule has 0 atom stereocenters. The topological polar surface area (TPSA) is 35.8 Å². The largest absolute Gasteiger partial charge is 0.314 e. The molecule has 0 aliphatic heterocycles. The third kappa shape index (κ3) is 5.87. The molecule has 0 fully saturated rings. The zero-order valence-corrected chi connectivity index (χ0v) is 7.94. The normalized spacial score (nSPS) is 11.6. The van der Waals surface area contributed by atoms with Gasteiger partial charge in [0.15, 0.2) is 0 Å². The van der Waals surface area contributed by atoms with Crippen molar-refractivity contribution < 1.29 is 0 Å². The Morgan fingerprint density at radius 1 is 1.45 bits per heavy atom. The van der Waals surface area contributed by atoms with Crippen LogP contribution in [0.15, 0.2) is 0 Å². The minimum Gasteiger partial charge on any atom is -0.314 e. The molecule has 0 bridgehead atoms. The average Bonchev–Trinajstić information content (AvgIpc) is 1.87. The summed E-state index contributed by atoms with van der Waals surface area (Å²) in [6.07, 6.45) is 0.918. The van der Waals surface area contributed by atoms with E-state index >= 15 is 0 Å². The van der Waals surface area contributed by atoms with Gasteiger partial charge in [-0.25, -0.2) is 0 Å². The highest BCUT2D eigenvalue weighted by atomic mass is 14.9. The van der Waals surface area contributed by atoms with Gasteiger partial charge < -0.3 is 5.32 Å². The molecule has 0 heterocycles. The highest BCUT2D eigenvalue weighted by molar-refractivity contribution is 4.91. The van der Waals surface area contributed by atoms with E-state index in [1.54, 1.807) is 0 Å². The van der Waals surface area contributed by atoms with E-state index in [1.807, 2.05) is 13.8 Å². The molecule has 0 radical (unpaired) electrons. The Hall–Kier alpha value is -0.550. The van der Waals surface area contributed by atoms with Crippen LogP contribution < -0.4 is 5.32 Å². The molecule has 0 saturated heterocycles. The van der Waals surface area contributed by atoms with E-state index in [4.69, 9.17) is 5.26 Å². The van der Waals surface area contributed by atoms with Crippen molar-refractivity contribution in [3.63, 3.8) is 0 Å². The minimum absolute atomic E-state index is 0.179. The molecule has 0 amide bonds. The van der Waals surface area contributed by atoms with Crippen LogP contribution in [-0.4, -0.2) is 12.6 Å². The molecule has 2 heteroatoms. The number of rotatable bonds is 4. The predicted octanol–water partition coefficient (Wildman–Crippen LogP) is 1.92. The van der Waals surface area contributed by atoms with Crippen molar-refractivity contribution in [2.24, 2.45) is 5.41 Å². The van der Waals surface area contributed by atoms with Crippen LogP contribution in [0.4, 0.5) is 0 Å². The first-order chi connectivity index (χ1) is 4.98. The molecular weight excluding hydrogens is 136 g/mol. The smallest absolute Gasteiger partial charge is 0.0684 e. The summed E-state index contributed by atoms with van der Waals surface area (Å²) < 4.78 is 0. The van der Waals surface area contributed by atoms with Crippen LogP contribution in [0, 0.1) is 16.7 Å². The van der Waals surface area contributed by atoms with Crippen LogP contribution in [0.5, 0.6) is 0 Å². The van der Waals surface area contributed by atoms with E-state index in [2.05, 4.69) is 25.2 Å².